The van der Waals surface area contributed by atoms with Crippen molar-refractivity contribution in [3.05, 3.63) is 23.5 Å². The molecule has 0 aromatic carbocycles. The van der Waals surface area contributed by atoms with Gasteiger partial charge in [-0.2, -0.15) is 5.26 Å². The maximum Gasteiger partial charge on any atom is 0.120 e. The molecule has 1 aliphatic rings. The number of rotatable bonds is 3. The predicted molar refractivity (Wildman–Crippen MR) is 62.4 cm³/mol. The second-order valence-electron chi connectivity index (χ2n) is 4.34. The zero-order chi connectivity index (χ0) is 11.4. The Morgan fingerprint density at radius 3 is 2.75 bits per heavy atom. The fourth-order valence-corrected chi connectivity index (χ4v) is 2.10. The lowest BCUT2D eigenvalue weighted by atomic mass is 10.2. The van der Waals surface area contributed by atoms with Crippen molar-refractivity contribution < 1.29 is 0 Å². The van der Waals surface area contributed by atoms with Crippen LogP contribution in [-0.2, 0) is 13.6 Å². The SMILES string of the molecule is Cn1cc(CNN2CCCCC2)cc1C#N. The highest BCUT2D eigenvalue weighted by atomic mass is 15.5. The normalized spacial score (nSPS) is 17.2. The zero-order valence-electron chi connectivity index (χ0n) is 9.74. The molecule has 0 amide bonds. The summed E-state index contributed by atoms with van der Waals surface area (Å²) in [5.74, 6) is 0. The Kier molecular flexibility index (Phi) is 3.60. The third-order valence-electron chi connectivity index (χ3n) is 3.04. The molecule has 2 heterocycles. The van der Waals surface area contributed by atoms with Gasteiger partial charge in [-0.1, -0.05) is 6.42 Å². The molecule has 0 bridgehead atoms. The summed E-state index contributed by atoms with van der Waals surface area (Å²) >= 11 is 0. The van der Waals surface area contributed by atoms with E-state index in [9.17, 15) is 0 Å². The van der Waals surface area contributed by atoms with Crippen molar-refractivity contribution in [2.24, 2.45) is 7.05 Å². The Morgan fingerprint density at radius 2 is 2.12 bits per heavy atom. The number of nitriles is 1. The quantitative estimate of drug-likeness (QED) is 0.833. The van der Waals surface area contributed by atoms with Crippen LogP contribution in [0.1, 0.15) is 30.5 Å². The van der Waals surface area contributed by atoms with Crippen LogP contribution in [0.25, 0.3) is 0 Å². The number of nitrogens with zero attached hydrogens (tertiary/aromatic N) is 3. The van der Waals surface area contributed by atoms with E-state index in [1.807, 2.05) is 23.9 Å². The van der Waals surface area contributed by atoms with E-state index in [4.69, 9.17) is 5.26 Å². The van der Waals surface area contributed by atoms with Gasteiger partial charge in [0.2, 0.25) is 0 Å². The minimum atomic E-state index is 0.718. The van der Waals surface area contributed by atoms with Crippen molar-refractivity contribution >= 4 is 0 Å². The van der Waals surface area contributed by atoms with E-state index < -0.39 is 0 Å². The lowest BCUT2D eigenvalue weighted by molar-refractivity contribution is 0.151. The van der Waals surface area contributed by atoms with E-state index in [0.717, 1.165) is 25.3 Å². The van der Waals surface area contributed by atoms with Crippen molar-refractivity contribution in [3.63, 3.8) is 0 Å². The van der Waals surface area contributed by atoms with Gasteiger partial charge in [0, 0.05) is 32.9 Å². The van der Waals surface area contributed by atoms with Crippen molar-refractivity contribution in [1.29, 1.82) is 5.26 Å². The molecule has 1 saturated heterocycles. The molecule has 1 aliphatic heterocycles. The second-order valence-corrected chi connectivity index (χ2v) is 4.34. The minimum absolute atomic E-state index is 0.718. The maximum absolute atomic E-state index is 8.85. The van der Waals surface area contributed by atoms with Gasteiger partial charge < -0.3 is 4.57 Å². The lowest BCUT2D eigenvalue weighted by Gasteiger charge is -2.26. The molecule has 1 aromatic heterocycles. The molecule has 16 heavy (non-hydrogen) atoms. The molecule has 0 aliphatic carbocycles. The van der Waals surface area contributed by atoms with Gasteiger partial charge in [0.05, 0.1) is 0 Å². The first-order valence-corrected chi connectivity index (χ1v) is 5.83. The molecular weight excluding hydrogens is 200 g/mol. The molecular formula is C12H18N4. The fourth-order valence-electron chi connectivity index (χ4n) is 2.10. The van der Waals surface area contributed by atoms with Crippen molar-refractivity contribution in [3.8, 4) is 6.07 Å². The smallest absolute Gasteiger partial charge is 0.120 e. The summed E-state index contributed by atoms with van der Waals surface area (Å²) in [5.41, 5.74) is 5.30. The van der Waals surface area contributed by atoms with Gasteiger partial charge >= 0.3 is 0 Å². The van der Waals surface area contributed by atoms with Gasteiger partial charge in [-0.25, -0.2) is 5.01 Å². The van der Waals surface area contributed by atoms with Crippen LogP contribution in [0.2, 0.25) is 0 Å². The highest BCUT2D eigenvalue weighted by Crippen LogP contribution is 2.09. The number of hydrogen-bond donors (Lipinski definition) is 1. The van der Waals surface area contributed by atoms with Gasteiger partial charge in [-0.3, -0.25) is 5.43 Å². The molecule has 86 valence electrons. The summed E-state index contributed by atoms with van der Waals surface area (Å²) < 4.78 is 1.87. The summed E-state index contributed by atoms with van der Waals surface area (Å²) in [6, 6.07) is 4.12. The first kappa shape index (κ1) is 11.2. The maximum atomic E-state index is 8.85. The zero-order valence-corrected chi connectivity index (χ0v) is 9.74. The van der Waals surface area contributed by atoms with E-state index in [1.54, 1.807) is 0 Å². The third-order valence-corrected chi connectivity index (χ3v) is 3.04. The van der Waals surface area contributed by atoms with Gasteiger partial charge in [-0.05, 0) is 24.5 Å². The summed E-state index contributed by atoms with van der Waals surface area (Å²) in [7, 11) is 1.91. The molecule has 4 heteroatoms. The van der Waals surface area contributed by atoms with Crippen LogP contribution in [0.4, 0.5) is 0 Å². The van der Waals surface area contributed by atoms with Crippen molar-refractivity contribution in [2.75, 3.05) is 13.1 Å². The van der Waals surface area contributed by atoms with Crippen LogP contribution < -0.4 is 5.43 Å². The molecule has 2 rings (SSSR count). The van der Waals surface area contributed by atoms with Gasteiger partial charge in [-0.15, -0.1) is 0 Å². The summed E-state index contributed by atoms with van der Waals surface area (Å²) in [5, 5.41) is 11.1. The van der Waals surface area contributed by atoms with Gasteiger partial charge in [0.15, 0.2) is 0 Å². The highest BCUT2D eigenvalue weighted by molar-refractivity contribution is 5.28. The molecule has 0 saturated carbocycles. The van der Waals surface area contributed by atoms with Crippen LogP contribution in [0, 0.1) is 11.3 Å². The number of aromatic nitrogens is 1. The number of piperidine rings is 1. The second kappa shape index (κ2) is 5.15. The van der Waals surface area contributed by atoms with E-state index in [0.29, 0.717) is 0 Å². The predicted octanol–water partition coefficient (Wildman–Crippen LogP) is 1.39. The molecule has 0 atom stereocenters. The Labute approximate surface area is 96.4 Å². The Morgan fingerprint density at radius 1 is 1.38 bits per heavy atom. The van der Waals surface area contributed by atoms with Gasteiger partial charge in [0.25, 0.3) is 0 Å². The molecule has 0 radical (unpaired) electrons. The van der Waals surface area contributed by atoms with E-state index in [-0.39, 0.29) is 0 Å². The standard InChI is InChI=1S/C12H18N4/c1-15-10-11(7-12(15)8-13)9-14-16-5-3-2-4-6-16/h7,10,14H,2-6,9H2,1H3. The van der Waals surface area contributed by atoms with Gasteiger partial charge in [0.1, 0.15) is 11.8 Å². The number of nitrogens with one attached hydrogen (secondary N) is 1. The number of hydrogen-bond acceptors (Lipinski definition) is 3. The molecule has 1 aromatic rings. The van der Waals surface area contributed by atoms with Crippen molar-refractivity contribution in [2.45, 2.75) is 25.8 Å². The summed E-state index contributed by atoms with van der Waals surface area (Å²) in [6.07, 6.45) is 5.92. The third kappa shape index (κ3) is 2.63. The van der Waals surface area contributed by atoms with E-state index in [2.05, 4.69) is 16.5 Å². The minimum Gasteiger partial charge on any atom is -0.342 e. The summed E-state index contributed by atoms with van der Waals surface area (Å²) in [4.78, 5) is 0. The average molecular weight is 218 g/mol. The van der Waals surface area contributed by atoms with Crippen LogP contribution in [-0.4, -0.2) is 22.7 Å². The fraction of sp³-hybridized carbons (Fsp3) is 0.583. The van der Waals surface area contributed by atoms with Crippen LogP contribution in [0.3, 0.4) is 0 Å². The molecule has 0 unspecified atom stereocenters. The Hall–Kier alpha value is -1.31. The number of hydrazine groups is 1. The first-order chi connectivity index (χ1) is 7.79. The first-order valence-electron chi connectivity index (χ1n) is 5.83. The monoisotopic (exact) mass is 218 g/mol. The van der Waals surface area contributed by atoms with E-state index in [1.165, 1.54) is 24.8 Å². The van der Waals surface area contributed by atoms with Crippen LogP contribution in [0.5, 0.6) is 0 Å². The van der Waals surface area contributed by atoms with Crippen LogP contribution in [0.15, 0.2) is 12.3 Å². The van der Waals surface area contributed by atoms with Crippen LogP contribution >= 0.6 is 0 Å². The molecule has 1 N–H and O–H groups in total. The Balaban J connectivity index is 1.86. The molecule has 4 nitrogen and oxygen atoms in total. The average Bonchev–Trinajstić information content (AvgIpc) is 2.69. The lowest BCUT2D eigenvalue weighted by Crippen LogP contribution is -2.41. The topological polar surface area (TPSA) is 44.0 Å². The Bertz CT molecular complexity index is 382. The largest absolute Gasteiger partial charge is 0.342 e. The van der Waals surface area contributed by atoms with E-state index >= 15 is 0 Å². The van der Waals surface area contributed by atoms with Crippen molar-refractivity contribution in [1.82, 2.24) is 15.0 Å². The molecule has 1 fully saturated rings. The summed E-state index contributed by atoms with van der Waals surface area (Å²) in [6.45, 7) is 3.09. The number of aryl methyl sites for hydroxylation is 1. The highest BCUT2D eigenvalue weighted by Gasteiger charge is 2.09. The molecule has 0 spiro atoms.